The molecule has 0 aliphatic carbocycles. The van der Waals surface area contributed by atoms with Crippen LogP contribution in [0.25, 0.3) is 21.3 Å². The molecule has 0 atom stereocenters. The van der Waals surface area contributed by atoms with Crippen LogP contribution in [0.15, 0.2) is 39.2 Å². The number of hydrogen-bond donors (Lipinski definition) is 2. The first-order valence-corrected chi connectivity index (χ1v) is 9.86. The van der Waals surface area contributed by atoms with Crippen LogP contribution in [0.2, 0.25) is 0 Å². The monoisotopic (exact) mass is 399 g/mol. The molecule has 0 saturated heterocycles. The topological polar surface area (TPSA) is 94.1 Å². The fraction of sp³-hybridized carbons (Fsp3) is 0.316. The minimum absolute atomic E-state index is 0.0662. The van der Waals surface area contributed by atoms with Gasteiger partial charge >= 0.3 is 5.69 Å². The first-order chi connectivity index (χ1) is 13.5. The summed E-state index contributed by atoms with van der Waals surface area (Å²) in [5, 5.41) is 15.2. The van der Waals surface area contributed by atoms with E-state index in [9.17, 15) is 9.59 Å². The lowest BCUT2D eigenvalue weighted by molar-refractivity contribution is 0.292. The number of aliphatic hydroxyl groups excluding tert-OH is 1. The second-order valence-electron chi connectivity index (χ2n) is 6.70. The smallest absolute Gasteiger partial charge is 0.332 e. The average Bonchev–Trinajstić information content (AvgIpc) is 3.28. The van der Waals surface area contributed by atoms with Gasteiger partial charge in [0.2, 0.25) is 5.95 Å². The largest absolute Gasteiger partial charge is 0.396 e. The molecule has 146 valence electrons. The van der Waals surface area contributed by atoms with Crippen molar-refractivity contribution >= 4 is 38.5 Å². The van der Waals surface area contributed by atoms with E-state index in [0.717, 1.165) is 10.9 Å². The van der Waals surface area contributed by atoms with Crippen molar-refractivity contribution in [2.24, 2.45) is 14.1 Å². The van der Waals surface area contributed by atoms with E-state index in [2.05, 4.69) is 10.3 Å². The molecule has 8 nitrogen and oxygen atoms in total. The second kappa shape index (κ2) is 7.25. The van der Waals surface area contributed by atoms with Crippen LogP contribution in [0.1, 0.15) is 12.0 Å². The van der Waals surface area contributed by atoms with Crippen LogP contribution in [0.3, 0.4) is 0 Å². The lowest BCUT2D eigenvalue weighted by Gasteiger charge is -2.09. The molecule has 0 amide bonds. The highest BCUT2D eigenvalue weighted by Crippen LogP contribution is 2.22. The zero-order chi connectivity index (χ0) is 19.8. The molecular formula is C19H21N5O3S. The van der Waals surface area contributed by atoms with E-state index >= 15 is 0 Å². The summed E-state index contributed by atoms with van der Waals surface area (Å²) in [6.07, 6.45) is 0.567. The highest BCUT2D eigenvalue weighted by Gasteiger charge is 2.18. The van der Waals surface area contributed by atoms with Gasteiger partial charge in [0.05, 0.1) is 6.54 Å². The maximum Gasteiger partial charge on any atom is 0.332 e. The standard InChI is InChI=1S/C19H21N5O3S/c1-22-15-16(21-18(22)20-7-3-8-25)23(2)19(27)24(17(15)26)11-12-4-5-14-13(10-12)6-9-28-14/h4-6,9-10,25H,3,7-8,11H2,1-2H3,(H,20,21). The lowest BCUT2D eigenvalue weighted by Crippen LogP contribution is -2.39. The molecule has 4 aromatic rings. The SMILES string of the molecule is Cn1c(NCCCO)nc2c1c(=O)n(Cc1ccc3sccc3c1)c(=O)n2C. The molecule has 3 aromatic heterocycles. The van der Waals surface area contributed by atoms with Crippen molar-refractivity contribution in [3.63, 3.8) is 0 Å². The first kappa shape index (κ1) is 18.5. The maximum absolute atomic E-state index is 13.1. The molecule has 0 saturated carbocycles. The molecule has 2 N–H and O–H groups in total. The number of aromatic nitrogens is 4. The van der Waals surface area contributed by atoms with Crippen molar-refractivity contribution in [3.8, 4) is 0 Å². The fourth-order valence-electron chi connectivity index (χ4n) is 3.32. The van der Waals surface area contributed by atoms with Crippen LogP contribution >= 0.6 is 11.3 Å². The second-order valence-corrected chi connectivity index (χ2v) is 7.64. The zero-order valence-corrected chi connectivity index (χ0v) is 16.5. The zero-order valence-electron chi connectivity index (χ0n) is 15.7. The summed E-state index contributed by atoms with van der Waals surface area (Å²) >= 11 is 1.66. The quantitative estimate of drug-likeness (QED) is 0.479. The predicted molar refractivity (Wildman–Crippen MR) is 111 cm³/mol. The van der Waals surface area contributed by atoms with Gasteiger partial charge in [0, 0.05) is 31.9 Å². The van der Waals surface area contributed by atoms with Crippen molar-refractivity contribution in [1.29, 1.82) is 0 Å². The molecule has 0 radical (unpaired) electrons. The number of benzene rings is 1. The van der Waals surface area contributed by atoms with Gasteiger partial charge in [-0.1, -0.05) is 6.07 Å². The van der Waals surface area contributed by atoms with E-state index in [1.165, 1.54) is 13.8 Å². The maximum atomic E-state index is 13.1. The molecule has 0 aliphatic rings. The minimum atomic E-state index is -0.400. The molecule has 0 spiro atoms. The summed E-state index contributed by atoms with van der Waals surface area (Å²) in [5.41, 5.74) is 0.836. The predicted octanol–water partition coefficient (Wildman–Crippen LogP) is 1.49. The number of imidazole rings is 1. The Hall–Kier alpha value is -2.91. The number of aliphatic hydroxyl groups is 1. The van der Waals surface area contributed by atoms with Gasteiger partial charge in [-0.05, 0) is 40.9 Å². The highest BCUT2D eigenvalue weighted by atomic mass is 32.1. The summed E-state index contributed by atoms with van der Waals surface area (Å²) in [6.45, 7) is 0.791. The van der Waals surface area contributed by atoms with Gasteiger partial charge in [-0.3, -0.25) is 13.9 Å². The summed E-state index contributed by atoms with van der Waals surface area (Å²) in [4.78, 5) is 30.3. The summed E-state index contributed by atoms with van der Waals surface area (Å²) in [6, 6.07) is 7.99. The van der Waals surface area contributed by atoms with Crippen molar-refractivity contribution in [2.45, 2.75) is 13.0 Å². The number of nitrogens with zero attached hydrogens (tertiary/aromatic N) is 4. The molecule has 0 bridgehead atoms. The Morgan fingerprint density at radius 3 is 2.79 bits per heavy atom. The van der Waals surface area contributed by atoms with Crippen molar-refractivity contribution < 1.29 is 5.11 Å². The van der Waals surface area contributed by atoms with E-state index in [1.54, 1.807) is 30.0 Å². The van der Waals surface area contributed by atoms with Crippen molar-refractivity contribution in [1.82, 2.24) is 18.7 Å². The lowest BCUT2D eigenvalue weighted by atomic mass is 10.1. The third-order valence-electron chi connectivity index (χ3n) is 4.84. The third-order valence-corrected chi connectivity index (χ3v) is 5.73. The first-order valence-electron chi connectivity index (χ1n) is 8.98. The Balaban J connectivity index is 1.81. The van der Waals surface area contributed by atoms with E-state index < -0.39 is 5.69 Å². The van der Waals surface area contributed by atoms with Crippen molar-refractivity contribution in [2.75, 3.05) is 18.5 Å². The van der Waals surface area contributed by atoms with Gasteiger partial charge in [-0.25, -0.2) is 4.79 Å². The molecule has 9 heteroatoms. The van der Waals surface area contributed by atoms with Gasteiger partial charge in [-0.2, -0.15) is 4.98 Å². The van der Waals surface area contributed by atoms with Crippen molar-refractivity contribution in [3.05, 3.63) is 56.0 Å². The average molecular weight is 399 g/mol. The highest BCUT2D eigenvalue weighted by molar-refractivity contribution is 7.17. The van der Waals surface area contributed by atoms with Crippen LogP contribution in [-0.4, -0.2) is 36.9 Å². The molecule has 28 heavy (non-hydrogen) atoms. The Bertz CT molecular complexity index is 1280. The Morgan fingerprint density at radius 2 is 2.00 bits per heavy atom. The van der Waals surface area contributed by atoms with E-state index in [-0.39, 0.29) is 18.7 Å². The third kappa shape index (κ3) is 3.02. The molecule has 0 unspecified atom stereocenters. The Kier molecular flexibility index (Phi) is 4.78. The van der Waals surface area contributed by atoms with Crippen LogP contribution in [0.4, 0.5) is 5.95 Å². The number of aryl methyl sites for hydroxylation is 2. The molecule has 3 heterocycles. The molecular weight excluding hydrogens is 378 g/mol. The van der Waals surface area contributed by atoms with E-state index in [4.69, 9.17) is 5.11 Å². The van der Waals surface area contributed by atoms with E-state index in [0.29, 0.717) is 30.1 Å². The van der Waals surface area contributed by atoms with Gasteiger partial charge < -0.3 is 15.0 Å². The van der Waals surface area contributed by atoms with Crippen LogP contribution in [0, 0.1) is 0 Å². The summed E-state index contributed by atoms with van der Waals surface area (Å²) in [5.74, 6) is 0.494. The van der Waals surface area contributed by atoms with Gasteiger partial charge in [0.1, 0.15) is 0 Å². The number of anilines is 1. The Morgan fingerprint density at radius 1 is 1.18 bits per heavy atom. The molecule has 4 rings (SSSR count). The number of rotatable bonds is 6. The molecule has 0 aliphatic heterocycles. The van der Waals surface area contributed by atoms with Crippen LogP contribution in [0.5, 0.6) is 0 Å². The summed E-state index contributed by atoms with van der Waals surface area (Å²) in [7, 11) is 3.36. The summed E-state index contributed by atoms with van der Waals surface area (Å²) < 4.78 is 5.48. The van der Waals surface area contributed by atoms with Gasteiger partial charge in [-0.15, -0.1) is 11.3 Å². The Labute approximate surface area is 164 Å². The minimum Gasteiger partial charge on any atom is -0.396 e. The van der Waals surface area contributed by atoms with Crippen LogP contribution in [-0.2, 0) is 20.6 Å². The number of hydrogen-bond acceptors (Lipinski definition) is 6. The van der Waals surface area contributed by atoms with Gasteiger partial charge in [0.25, 0.3) is 5.56 Å². The fourth-order valence-corrected chi connectivity index (χ4v) is 4.09. The van der Waals surface area contributed by atoms with Crippen LogP contribution < -0.4 is 16.6 Å². The number of nitrogens with one attached hydrogen (secondary N) is 1. The number of thiophene rings is 1. The number of fused-ring (bicyclic) bond motifs is 2. The molecule has 1 aromatic carbocycles. The normalized spacial score (nSPS) is 11.5. The van der Waals surface area contributed by atoms with E-state index in [1.807, 2.05) is 29.6 Å². The van der Waals surface area contributed by atoms with Gasteiger partial charge in [0.15, 0.2) is 11.2 Å². The molecule has 0 fully saturated rings.